The van der Waals surface area contributed by atoms with Crippen molar-refractivity contribution in [1.82, 2.24) is 24.7 Å². The Labute approximate surface area is 149 Å². The number of hydrogen-bond acceptors (Lipinski definition) is 6. The lowest BCUT2D eigenvalue weighted by atomic mass is 10.0. The summed E-state index contributed by atoms with van der Waals surface area (Å²) in [6.45, 7) is 1.83. The Morgan fingerprint density at radius 1 is 1.24 bits per heavy atom. The van der Waals surface area contributed by atoms with E-state index in [9.17, 15) is 5.26 Å². The van der Waals surface area contributed by atoms with Gasteiger partial charge in [-0.3, -0.25) is 0 Å². The van der Waals surface area contributed by atoms with Crippen LogP contribution in [-0.2, 0) is 12.8 Å². The van der Waals surface area contributed by atoms with Crippen LogP contribution in [0.1, 0.15) is 22.5 Å². The van der Waals surface area contributed by atoms with E-state index in [-0.39, 0.29) is 6.04 Å². The van der Waals surface area contributed by atoms with Crippen LogP contribution in [0.5, 0.6) is 0 Å². The fourth-order valence-corrected chi connectivity index (χ4v) is 3.31. The SMILES string of the molecule is Cc1ncn(-c2cnc(NC3Cc4cc(Cl)cc(C#N)c4C3)nc2)n1. The van der Waals surface area contributed by atoms with Gasteiger partial charge >= 0.3 is 0 Å². The zero-order valence-corrected chi connectivity index (χ0v) is 14.2. The summed E-state index contributed by atoms with van der Waals surface area (Å²) < 4.78 is 1.63. The van der Waals surface area contributed by atoms with Gasteiger partial charge in [0.2, 0.25) is 5.95 Å². The van der Waals surface area contributed by atoms with Gasteiger partial charge < -0.3 is 5.32 Å². The van der Waals surface area contributed by atoms with Crippen molar-refractivity contribution >= 4 is 17.5 Å². The Balaban J connectivity index is 1.49. The fraction of sp³-hybridized carbons (Fsp3) is 0.235. The van der Waals surface area contributed by atoms with E-state index in [1.54, 1.807) is 29.5 Å². The molecule has 2 heterocycles. The third kappa shape index (κ3) is 3.04. The van der Waals surface area contributed by atoms with Crippen LogP contribution in [0.3, 0.4) is 0 Å². The van der Waals surface area contributed by atoms with E-state index in [1.165, 1.54) is 0 Å². The molecule has 0 aliphatic heterocycles. The largest absolute Gasteiger partial charge is 0.351 e. The monoisotopic (exact) mass is 351 g/mol. The summed E-state index contributed by atoms with van der Waals surface area (Å²) in [4.78, 5) is 12.8. The van der Waals surface area contributed by atoms with Crippen LogP contribution in [-0.4, -0.2) is 30.8 Å². The van der Waals surface area contributed by atoms with Gasteiger partial charge in [-0.05, 0) is 43.0 Å². The number of nitriles is 1. The summed E-state index contributed by atoms with van der Waals surface area (Å²) in [5.41, 5.74) is 3.55. The molecule has 1 aliphatic rings. The highest BCUT2D eigenvalue weighted by Gasteiger charge is 2.25. The smallest absolute Gasteiger partial charge is 0.222 e. The first-order valence-corrected chi connectivity index (χ1v) is 8.19. The molecule has 7 nitrogen and oxygen atoms in total. The Bertz CT molecular complexity index is 972. The zero-order chi connectivity index (χ0) is 17.4. The Morgan fingerprint density at radius 2 is 2.04 bits per heavy atom. The second-order valence-electron chi connectivity index (χ2n) is 5.95. The maximum atomic E-state index is 9.28. The summed E-state index contributed by atoms with van der Waals surface area (Å²) in [5.74, 6) is 1.24. The number of fused-ring (bicyclic) bond motifs is 1. The molecule has 0 saturated carbocycles. The van der Waals surface area contributed by atoms with Crippen LogP contribution in [0.15, 0.2) is 30.9 Å². The van der Waals surface area contributed by atoms with Gasteiger partial charge in [-0.15, -0.1) is 0 Å². The Morgan fingerprint density at radius 3 is 2.72 bits per heavy atom. The van der Waals surface area contributed by atoms with Crippen LogP contribution >= 0.6 is 11.6 Å². The van der Waals surface area contributed by atoms with Crippen LogP contribution in [0.4, 0.5) is 5.95 Å². The van der Waals surface area contributed by atoms with Crippen LogP contribution in [0, 0.1) is 18.3 Å². The number of benzene rings is 1. The first-order chi connectivity index (χ1) is 12.1. The van der Waals surface area contributed by atoms with Gasteiger partial charge in [0.05, 0.1) is 24.0 Å². The number of rotatable bonds is 3. The summed E-state index contributed by atoms with van der Waals surface area (Å²) in [7, 11) is 0. The normalized spacial score (nSPS) is 15.6. The minimum atomic E-state index is 0.139. The first kappa shape index (κ1) is 15.5. The lowest BCUT2D eigenvalue weighted by Crippen LogP contribution is -2.21. The maximum absolute atomic E-state index is 9.28. The number of hydrogen-bond donors (Lipinski definition) is 1. The fourth-order valence-electron chi connectivity index (χ4n) is 3.07. The quantitative estimate of drug-likeness (QED) is 0.779. The molecule has 0 spiro atoms. The van der Waals surface area contributed by atoms with E-state index in [0.717, 1.165) is 29.7 Å². The molecule has 124 valence electrons. The van der Waals surface area contributed by atoms with E-state index >= 15 is 0 Å². The van der Waals surface area contributed by atoms with E-state index in [0.29, 0.717) is 22.4 Å². The number of aryl methyl sites for hydroxylation is 1. The number of aromatic nitrogens is 5. The molecule has 1 aliphatic carbocycles. The molecule has 2 aromatic heterocycles. The molecular weight excluding hydrogens is 338 g/mol. The summed E-state index contributed by atoms with van der Waals surface area (Å²) >= 11 is 6.08. The lowest BCUT2D eigenvalue weighted by Gasteiger charge is -2.11. The molecule has 0 amide bonds. The zero-order valence-electron chi connectivity index (χ0n) is 13.4. The number of nitrogens with zero attached hydrogens (tertiary/aromatic N) is 6. The topological polar surface area (TPSA) is 92.3 Å². The van der Waals surface area contributed by atoms with Gasteiger partial charge in [0.1, 0.15) is 17.8 Å². The predicted molar refractivity (Wildman–Crippen MR) is 92.7 cm³/mol. The van der Waals surface area contributed by atoms with E-state index in [4.69, 9.17) is 11.6 Å². The molecule has 0 bridgehead atoms. The third-order valence-corrected chi connectivity index (χ3v) is 4.40. The van der Waals surface area contributed by atoms with Crippen LogP contribution < -0.4 is 5.32 Å². The van der Waals surface area contributed by atoms with Crippen molar-refractivity contribution in [1.29, 1.82) is 5.26 Å². The minimum Gasteiger partial charge on any atom is -0.351 e. The molecule has 0 radical (unpaired) electrons. The second-order valence-corrected chi connectivity index (χ2v) is 6.39. The molecule has 4 rings (SSSR count). The average Bonchev–Trinajstić information content (AvgIpc) is 3.20. The standard InChI is InChI=1S/C17H14ClN7/c1-10-22-9-25(24-10)15-7-20-17(21-8-15)23-14-4-11-2-13(18)3-12(6-19)16(11)5-14/h2-3,7-9,14H,4-5H2,1H3,(H,20,21,23). The van der Waals surface area contributed by atoms with Gasteiger partial charge in [-0.2, -0.15) is 10.4 Å². The molecule has 1 atom stereocenters. The minimum absolute atomic E-state index is 0.139. The summed E-state index contributed by atoms with van der Waals surface area (Å²) in [6.07, 6.45) is 6.56. The Hall–Kier alpha value is -2.98. The Kier molecular flexibility index (Phi) is 3.82. The predicted octanol–water partition coefficient (Wildman–Crippen LogP) is 2.47. The van der Waals surface area contributed by atoms with Crippen LogP contribution in [0.25, 0.3) is 5.69 Å². The molecule has 3 aromatic rings. The van der Waals surface area contributed by atoms with Crippen molar-refractivity contribution in [3.8, 4) is 11.8 Å². The van der Waals surface area contributed by atoms with E-state index < -0.39 is 0 Å². The van der Waals surface area contributed by atoms with Crippen molar-refractivity contribution in [3.05, 3.63) is 58.4 Å². The summed E-state index contributed by atoms with van der Waals surface area (Å²) in [6, 6.07) is 6.00. The molecule has 8 heteroatoms. The first-order valence-electron chi connectivity index (χ1n) is 7.81. The molecule has 0 fully saturated rings. The van der Waals surface area contributed by atoms with E-state index in [2.05, 4.69) is 31.4 Å². The highest BCUT2D eigenvalue weighted by molar-refractivity contribution is 6.30. The van der Waals surface area contributed by atoms with Gasteiger partial charge in [0.25, 0.3) is 0 Å². The number of halogens is 1. The molecule has 25 heavy (non-hydrogen) atoms. The van der Waals surface area contributed by atoms with Crippen molar-refractivity contribution in [2.24, 2.45) is 0 Å². The van der Waals surface area contributed by atoms with Gasteiger partial charge in [0.15, 0.2) is 0 Å². The second kappa shape index (κ2) is 6.15. The molecule has 1 N–H and O–H groups in total. The van der Waals surface area contributed by atoms with Crippen molar-refractivity contribution in [3.63, 3.8) is 0 Å². The van der Waals surface area contributed by atoms with Gasteiger partial charge in [0, 0.05) is 11.1 Å². The van der Waals surface area contributed by atoms with Crippen molar-refractivity contribution in [2.45, 2.75) is 25.8 Å². The third-order valence-electron chi connectivity index (χ3n) is 4.19. The van der Waals surface area contributed by atoms with Gasteiger partial charge in [-0.25, -0.2) is 19.6 Å². The van der Waals surface area contributed by atoms with Crippen molar-refractivity contribution < 1.29 is 0 Å². The highest BCUT2D eigenvalue weighted by atomic mass is 35.5. The highest BCUT2D eigenvalue weighted by Crippen LogP contribution is 2.30. The van der Waals surface area contributed by atoms with E-state index in [1.807, 2.05) is 13.0 Å². The number of nitrogens with one attached hydrogen (secondary N) is 1. The van der Waals surface area contributed by atoms with Gasteiger partial charge in [-0.1, -0.05) is 11.6 Å². The van der Waals surface area contributed by atoms with Crippen LogP contribution in [0.2, 0.25) is 5.02 Å². The average molecular weight is 352 g/mol. The molecule has 0 saturated heterocycles. The maximum Gasteiger partial charge on any atom is 0.222 e. The summed E-state index contributed by atoms with van der Waals surface area (Å²) in [5, 5.41) is 17.4. The van der Waals surface area contributed by atoms with Crippen molar-refractivity contribution in [2.75, 3.05) is 5.32 Å². The lowest BCUT2D eigenvalue weighted by molar-refractivity contribution is 0.759. The molecule has 1 unspecified atom stereocenters. The number of anilines is 1. The molecule has 1 aromatic carbocycles. The molecular formula is C17H14ClN7.